The minimum Gasteiger partial charge on any atom is -0.466 e. The third-order valence-electron chi connectivity index (χ3n) is 1.08. The minimum absolute atomic E-state index is 0.00745. The molecular formula is C7H11NO4. The summed E-state index contributed by atoms with van der Waals surface area (Å²) in [6.07, 6.45) is 0.276. The number of imide groups is 1. The molecule has 0 aliphatic carbocycles. The normalized spacial score (nSPS) is 8.75. The first kappa shape index (κ1) is 10.6. The number of amides is 2. The molecule has 0 unspecified atom stereocenters. The van der Waals surface area contributed by atoms with Gasteiger partial charge in [0.2, 0.25) is 12.3 Å². The van der Waals surface area contributed by atoms with E-state index < -0.39 is 11.9 Å². The topological polar surface area (TPSA) is 72.5 Å². The van der Waals surface area contributed by atoms with E-state index in [2.05, 4.69) is 4.74 Å². The van der Waals surface area contributed by atoms with Crippen molar-refractivity contribution in [3.05, 3.63) is 0 Å². The minimum atomic E-state index is -0.474. The zero-order valence-electron chi connectivity index (χ0n) is 6.83. The van der Waals surface area contributed by atoms with Crippen LogP contribution in [0.25, 0.3) is 0 Å². The number of rotatable bonds is 5. The van der Waals surface area contributed by atoms with E-state index in [1.165, 1.54) is 0 Å². The summed E-state index contributed by atoms with van der Waals surface area (Å²) >= 11 is 0. The van der Waals surface area contributed by atoms with Gasteiger partial charge in [0.15, 0.2) is 0 Å². The summed E-state index contributed by atoms with van der Waals surface area (Å²) in [5.74, 6) is -0.906. The second-order valence-corrected chi connectivity index (χ2v) is 1.99. The van der Waals surface area contributed by atoms with Gasteiger partial charge in [0, 0.05) is 6.42 Å². The Hall–Kier alpha value is -1.39. The molecule has 0 bridgehead atoms. The van der Waals surface area contributed by atoms with Gasteiger partial charge < -0.3 is 4.74 Å². The van der Waals surface area contributed by atoms with Crippen LogP contribution >= 0.6 is 0 Å². The van der Waals surface area contributed by atoms with Crippen molar-refractivity contribution in [3.63, 3.8) is 0 Å². The highest BCUT2D eigenvalue weighted by Gasteiger charge is 2.05. The molecule has 68 valence electrons. The van der Waals surface area contributed by atoms with Gasteiger partial charge >= 0.3 is 5.97 Å². The quantitative estimate of drug-likeness (QED) is 0.453. The number of carbonyl (C=O) groups excluding carboxylic acids is 3. The van der Waals surface area contributed by atoms with Crippen molar-refractivity contribution in [1.82, 2.24) is 5.32 Å². The molecule has 0 aliphatic heterocycles. The Bertz CT molecular complexity index is 178. The Labute approximate surface area is 70.1 Å². The van der Waals surface area contributed by atoms with Crippen LogP contribution in [0.3, 0.4) is 0 Å². The van der Waals surface area contributed by atoms with Crippen LogP contribution in [0.1, 0.15) is 19.8 Å². The van der Waals surface area contributed by atoms with Crippen LogP contribution < -0.4 is 5.32 Å². The monoisotopic (exact) mass is 173 g/mol. The van der Waals surface area contributed by atoms with Crippen LogP contribution in [0.2, 0.25) is 0 Å². The third kappa shape index (κ3) is 5.40. The summed E-state index contributed by atoms with van der Waals surface area (Å²) in [5, 5.41) is 1.92. The molecule has 2 amide bonds. The smallest absolute Gasteiger partial charge is 0.306 e. The summed E-state index contributed by atoms with van der Waals surface area (Å²) in [6.45, 7) is 1.98. The molecule has 0 atom stereocenters. The number of nitrogens with one attached hydrogen (secondary N) is 1. The van der Waals surface area contributed by atoms with Crippen molar-refractivity contribution in [2.45, 2.75) is 19.8 Å². The van der Waals surface area contributed by atoms with Gasteiger partial charge in [0.05, 0.1) is 13.0 Å². The lowest BCUT2D eigenvalue weighted by Crippen LogP contribution is -2.22. The van der Waals surface area contributed by atoms with Crippen LogP contribution in [0.4, 0.5) is 0 Å². The first-order valence-corrected chi connectivity index (χ1v) is 3.59. The van der Waals surface area contributed by atoms with E-state index in [4.69, 9.17) is 0 Å². The molecule has 0 aromatic rings. The molecule has 0 aromatic heterocycles. The molecule has 0 fully saturated rings. The number of carbonyl (C=O) groups is 3. The molecule has 12 heavy (non-hydrogen) atoms. The fourth-order valence-corrected chi connectivity index (χ4v) is 0.587. The first-order valence-electron chi connectivity index (χ1n) is 3.59. The van der Waals surface area contributed by atoms with E-state index in [0.717, 1.165) is 0 Å². The van der Waals surface area contributed by atoms with Gasteiger partial charge in [0.1, 0.15) is 0 Å². The van der Waals surface area contributed by atoms with Gasteiger partial charge in [-0.2, -0.15) is 0 Å². The van der Waals surface area contributed by atoms with E-state index in [-0.39, 0.29) is 19.3 Å². The van der Waals surface area contributed by atoms with Gasteiger partial charge in [-0.3, -0.25) is 19.7 Å². The van der Waals surface area contributed by atoms with E-state index in [0.29, 0.717) is 6.61 Å². The van der Waals surface area contributed by atoms with E-state index in [9.17, 15) is 14.4 Å². The molecule has 0 saturated heterocycles. The predicted molar refractivity (Wildman–Crippen MR) is 40.1 cm³/mol. The molecule has 1 N–H and O–H groups in total. The van der Waals surface area contributed by atoms with Crippen molar-refractivity contribution in [2.24, 2.45) is 0 Å². The molecule has 0 saturated carbocycles. The Balaban J connectivity index is 3.46. The summed E-state index contributed by atoms with van der Waals surface area (Å²) in [5.41, 5.74) is 0. The molecule has 0 spiro atoms. The van der Waals surface area contributed by atoms with E-state index in [1.807, 2.05) is 5.32 Å². The molecule has 0 aliphatic rings. The molecule has 0 aromatic carbocycles. The summed E-state index contributed by atoms with van der Waals surface area (Å²) in [4.78, 5) is 31.0. The van der Waals surface area contributed by atoms with Gasteiger partial charge in [0.25, 0.3) is 0 Å². The zero-order chi connectivity index (χ0) is 9.40. The summed E-state index contributed by atoms with van der Waals surface area (Å²) in [7, 11) is 0. The molecule has 5 heteroatoms. The maximum Gasteiger partial charge on any atom is 0.306 e. The SMILES string of the molecule is CCOC(=O)CCC(=O)NC=O. The van der Waals surface area contributed by atoms with Crippen molar-refractivity contribution in [1.29, 1.82) is 0 Å². The maximum absolute atomic E-state index is 10.7. The number of hydrogen-bond donors (Lipinski definition) is 1. The fourth-order valence-electron chi connectivity index (χ4n) is 0.587. The van der Waals surface area contributed by atoms with Crippen molar-refractivity contribution >= 4 is 18.3 Å². The summed E-state index contributed by atoms with van der Waals surface area (Å²) in [6, 6.07) is 0. The molecule has 0 radical (unpaired) electrons. The molecular weight excluding hydrogens is 162 g/mol. The molecule has 5 nitrogen and oxygen atoms in total. The highest BCUT2D eigenvalue weighted by molar-refractivity contribution is 5.88. The van der Waals surface area contributed by atoms with Crippen LogP contribution in [0.5, 0.6) is 0 Å². The van der Waals surface area contributed by atoms with Gasteiger partial charge in [-0.15, -0.1) is 0 Å². The van der Waals surface area contributed by atoms with Gasteiger partial charge in [-0.1, -0.05) is 0 Å². The highest BCUT2D eigenvalue weighted by atomic mass is 16.5. The lowest BCUT2D eigenvalue weighted by atomic mass is 10.3. The third-order valence-corrected chi connectivity index (χ3v) is 1.08. The number of ether oxygens (including phenoxy) is 1. The highest BCUT2D eigenvalue weighted by Crippen LogP contribution is 1.91. The Kier molecular flexibility index (Phi) is 5.60. The largest absolute Gasteiger partial charge is 0.466 e. The Morgan fingerprint density at radius 2 is 2.08 bits per heavy atom. The van der Waals surface area contributed by atoms with Crippen LogP contribution in [0, 0.1) is 0 Å². The number of hydrogen-bond acceptors (Lipinski definition) is 4. The first-order chi connectivity index (χ1) is 5.70. The summed E-state index contributed by atoms with van der Waals surface area (Å²) < 4.78 is 4.56. The lowest BCUT2D eigenvalue weighted by molar-refractivity contribution is -0.144. The zero-order valence-corrected chi connectivity index (χ0v) is 6.83. The lowest BCUT2D eigenvalue weighted by Gasteiger charge is -1.99. The maximum atomic E-state index is 10.7. The van der Waals surface area contributed by atoms with Crippen molar-refractivity contribution < 1.29 is 19.1 Å². The van der Waals surface area contributed by atoms with Crippen LogP contribution in [-0.2, 0) is 19.1 Å². The molecule has 0 heterocycles. The predicted octanol–water partition coefficient (Wildman–Crippen LogP) is -0.398. The Morgan fingerprint density at radius 1 is 1.42 bits per heavy atom. The van der Waals surface area contributed by atoms with E-state index >= 15 is 0 Å². The Morgan fingerprint density at radius 3 is 2.58 bits per heavy atom. The van der Waals surface area contributed by atoms with Crippen molar-refractivity contribution in [3.8, 4) is 0 Å². The average Bonchev–Trinajstić information content (AvgIpc) is 2.02. The van der Waals surface area contributed by atoms with Crippen LogP contribution in [0.15, 0.2) is 0 Å². The van der Waals surface area contributed by atoms with Crippen LogP contribution in [-0.4, -0.2) is 24.9 Å². The standard InChI is InChI=1S/C7H11NO4/c1-2-12-7(11)4-3-6(10)8-5-9/h5H,2-4H2,1H3,(H,8,9,10). The number of esters is 1. The molecule has 0 rings (SSSR count). The van der Waals surface area contributed by atoms with Crippen molar-refractivity contribution in [2.75, 3.05) is 6.61 Å². The van der Waals surface area contributed by atoms with Gasteiger partial charge in [-0.25, -0.2) is 0 Å². The average molecular weight is 173 g/mol. The second-order valence-electron chi connectivity index (χ2n) is 1.99. The van der Waals surface area contributed by atoms with E-state index in [1.54, 1.807) is 6.92 Å². The van der Waals surface area contributed by atoms with Gasteiger partial charge in [-0.05, 0) is 6.92 Å². The fraction of sp³-hybridized carbons (Fsp3) is 0.571. The second kappa shape index (κ2) is 6.33.